The van der Waals surface area contributed by atoms with Gasteiger partial charge in [0.1, 0.15) is 5.69 Å². The maximum absolute atomic E-state index is 12.7. The second-order valence-corrected chi connectivity index (χ2v) is 6.77. The second-order valence-electron chi connectivity index (χ2n) is 5.99. The summed E-state index contributed by atoms with van der Waals surface area (Å²) >= 11 is 1.62. The first-order valence-electron chi connectivity index (χ1n) is 7.97. The number of aliphatic hydroxyl groups excluding tert-OH is 1. The molecule has 0 spiro atoms. The van der Waals surface area contributed by atoms with Crippen molar-refractivity contribution >= 4 is 28.1 Å². The number of piperidine rings is 1. The van der Waals surface area contributed by atoms with Crippen LogP contribution in [0.3, 0.4) is 0 Å². The number of carbonyl (C=O) groups is 1. The number of aromatic nitrogens is 2. The number of pyridine rings is 2. The largest absolute Gasteiger partial charge is 0.393 e. The third-order valence-electron chi connectivity index (χ3n) is 4.40. The van der Waals surface area contributed by atoms with Gasteiger partial charge in [0.15, 0.2) is 0 Å². The van der Waals surface area contributed by atoms with Crippen LogP contribution in [0.15, 0.2) is 41.4 Å². The molecule has 1 fully saturated rings. The van der Waals surface area contributed by atoms with Crippen molar-refractivity contribution in [2.45, 2.75) is 18.9 Å². The summed E-state index contributed by atoms with van der Waals surface area (Å²) in [5.41, 5.74) is 3.25. The number of hydrogen-bond donors (Lipinski definition) is 1. The molecule has 0 bridgehead atoms. The van der Waals surface area contributed by atoms with Gasteiger partial charge in [-0.2, -0.15) is 11.3 Å². The molecule has 1 N–H and O–H groups in total. The van der Waals surface area contributed by atoms with Crippen LogP contribution in [0.4, 0.5) is 0 Å². The first kappa shape index (κ1) is 15.2. The molecule has 0 unspecified atom stereocenters. The molecule has 0 radical (unpaired) electrons. The van der Waals surface area contributed by atoms with Crippen LogP contribution >= 0.6 is 11.3 Å². The zero-order chi connectivity index (χ0) is 16.5. The first-order valence-corrected chi connectivity index (χ1v) is 8.91. The van der Waals surface area contributed by atoms with Crippen LogP contribution in [0.5, 0.6) is 0 Å². The van der Waals surface area contributed by atoms with Gasteiger partial charge in [0.2, 0.25) is 0 Å². The molecule has 4 rings (SSSR count). The summed E-state index contributed by atoms with van der Waals surface area (Å²) in [6, 6.07) is 5.69. The minimum atomic E-state index is -0.296. The van der Waals surface area contributed by atoms with E-state index in [-0.39, 0.29) is 12.0 Å². The van der Waals surface area contributed by atoms with Gasteiger partial charge < -0.3 is 10.0 Å². The summed E-state index contributed by atoms with van der Waals surface area (Å²) in [6.45, 7) is 1.15. The number of thiophene rings is 1. The average Bonchev–Trinajstić information content (AvgIpc) is 3.15. The minimum absolute atomic E-state index is 0.0723. The number of likely N-dealkylation sites (tertiary alicyclic amines) is 1. The Bertz CT molecular complexity index is 871. The number of hydrogen-bond acceptors (Lipinski definition) is 5. The van der Waals surface area contributed by atoms with Crippen LogP contribution < -0.4 is 0 Å². The van der Waals surface area contributed by atoms with E-state index in [0.717, 1.165) is 22.0 Å². The monoisotopic (exact) mass is 339 g/mol. The molecule has 3 aromatic heterocycles. The average molecular weight is 339 g/mol. The summed E-state index contributed by atoms with van der Waals surface area (Å²) in [6.07, 6.45) is 4.52. The molecule has 1 amide bonds. The summed E-state index contributed by atoms with van der Waals surface area (Å²) in [5, 5.41) is 14.6. The molecule has 5 nitrogen and oxygen atoms in total. The summed E-state index contributed by atoms with van der Waals surface area (Å²) in [5.74, 6) is -0.0723. The SMILES string of the molecule is O=C(c1ccc2cncc(-c3ccsc3)c2n1)N1CCC(O)CC1. The number of amides is 1. The van der Waals surface area contributed by atoms with Gasteiger partial charge in [0.05, 0.1) is 11.6 Å². The highest BCUT2D eigenvalue weighted by Crippen LogP contribution is 2.28. The fourth-order valence-corrected chi connectivity index (χ4v) is 3.68. The maximum atomic E-state index is 12.7. The Morgan fingerprint density at radius 2 is 2.04 bits per heavy atom. The number of fused-ring (bicyclic) bond motifs is 1. The van der Waals surface area contributed by atoms with E-state index in [1.54, 1.807) is 34.7 Å². The lowest BCUT2D eigenvalue weighted by molar-refractivity contribution is 0.0542. The number of rotatable bonds is 2. The van der Waals surface area contributed by atoms with Gasteiger partial charge in [-0.1, -0.05) is 0 Å². The summed E-state index contributed by atoms with van der Waals surface area (Å²) in [7, 11) is 0. The van der Waals surface area contributed by atoms with Crippen molar-refractivity contribution in [3.05, 3.63) is 47.0 Å². The highest BCUT2D eigenvalue weighted by molar-refractivity contribution is 7.08. The van der Waals surface area contributed by atoms with Crippen LogP contribution in [-0.2, 0) is 0 Å². The van der Waals surface area contributed by atoms with Crippen LogP contribution in [0.2, 0.25) is 0 Å². The Hall–Kier alpha value is -2.31. The highest BCUT2D eigenvalue weighted by atomic mass is 32.1. The van der Waals surface area contributed by atoms with Gasteiger partial charge in [-0.05, 0) is 47.4 Å². The van der Waals surface area contributed by atoms with Crippen LogP contribution in [-0.4, -0.2) is 45.1 Å². The van der Waals surface area contributed by atoms with Crippen LogP contribution in [0, 0.1) is 0 Å². The smallest absolute Gasteiger partial charge is 0.272 e. The van der Waals surface area contributed by atoms with Crippen LogP contribution in [0.1, 0.15) is 23.3 Å². The molecule has 0 atom stereocenters. The number of carbonyl (C=O) groups excluding carboxylic acids is 1. The third-order valence-corrected chi connectivity index (χ3v) is 5.09. The Labute approximate surface area is 143 Å². The Kier molecular flexibility index (Phi) is 4.00. The van der Waals surface area contributed by atoms with Gasteiger partial charge in [0.25, 0.3) is 5.91 Å². The molecule has 1 aliphatic heterocycles. The lowest BCUT2D eigenvalue weighted by atomic mass is 10.1. The predicted molar refractivity (Wildman–Crippen MR) is 94.0 cm³/mol. The lowest BCUT2D eigenvalue weighted by Crippen LogP contribution is -2.40. The van der Waals surface area contributed by atoms with E-state index >= 15 is 0 Å². The van der Waals surface area contributed by atoms with E-state index < -0.39 is 0 Å². The molecular formula is C18H17N3O2S. The first-order chi connectivity index (χ1) is 11.7. The second kappa shape index (κ2) is 6.30. The Balaban J connectivity index is 1.72. The van der Waals surface area contributed by atoms with Gasteiger partial charge in [0, 0.05) is 36.4 Å². The topological polar surface area (TPSA) is 66.3 Å². The van der Waals surface area contributed by atoms with Gasteiger partial charge >= 0.3 is 0 Å². The van der Waals surface area contributed by atoms with E-state index in [1.807, 2.05) is 17.5 Å². The van der Waals surface area contributed by atoms with Crippen molar-refractivity contribution in [1.29, 1.82) is 0 Å². The van der Waals surface area contributed by atoms with Crippen molar-refractivity contribution in [2.24, 2.45) is 0 Å². The molecule has 24 heavy (non-hydrogen) atoms. The molecule has 0 aromatic carbocycles. The molecule has 0 saturated carbocycles. The fourth-order valence-electron chi connectivity index (χ4n) is 3.02. The van der Waals surface area contributed by atoms with Gasteiger partial charge in [-0.3, -0.25) is 9.78 Å². The predicted octanol–water partition coefficient (Wildman–Crippen LogP) is 2.96. The third kappa shape index (κ3) is 2.79. The Morgan fingerprint density at radius 1 is 1.21 bits per heavy atom. The van der Waals surface area contributed by atoms with Crippen LogP contribution in [0.25, 0.3) is 22.0 Å². The molecule has 0 aliphatic carbocycles. The van der Waals surface area contributed by atoms with Gasteiger partial charge in [-0.25, -0.2) is 4.98 Å². The molecule has 4 heterocycles. The number of aliphatic hydroxyl groups is 1. The molecule has 1 aliphatic rings. The molecule has 122 valence electrons. The number of nitrogens with zero attached hydrogens (tertiary/aromatic N) is 3. The molecule has 1 saturated heterocycles. The minimum Gasteiger partial charge on any atom is -0.393 e. The Morgan fingerprint density at radius 3 is 2.79 bits per heavy atom. The van der Waals surface area contributed by atoms with E-state index in [2.05, 4.69) is 15.3 Å². The van der Waals surface area contributed by atoms with E-state index in [0.29, 0.717) is 31.6 Å². The van der Waals surface area contributed by atoms with Gasteiger partial charge in [-0.15, -0.1) is 0 Å². The summed E-state index contributed by atoms with van der Waals surface area (Å²) < 4.78 is 0. The zero-order valence-corrected chi connectivity index (χ0v) is 13.9. The molecule has 3 aromatic rings. The summed E-state index contributed by atoms with van der Waals surface area (Å²) in [4.78, 5) is 23.4. The quantitative estimate of drug-likeness (QED) is 0.779. The highest BCUT2D eigenvalue weighted by Gasteiger charge is 2.23. The fraction of sp³-hybridized carbons (Fsp3) is 0.278. The zero-order valence-electron chi connectivity index (χ0n) is 13.1. The lowest BCUT2D eigenvalue weighted by Gasteiger charge is -2.29. The van der Waals surface area contributed by atoms with Crippen molar-refractivity contribution in [1.82, 2.24) is 14.9 Å². The maximum Gasteiger partial charge on any atom is 0.272 e. The van der Waals surface area contributed by atoms with Crippen molar-refractivity contribution in [3.63, 3.8) is 0 Å². The van der Waals surface area contributed by atoms with Crippen molar-refractivity contribution < 1.29 is 9.90 Å². The van der Waals surface area contributed by atoms with Crippen molar-refractivity contribution in [3.8, 4) is 11.1 Å². The molecule has 6 heteroatoms. The van der Waals surface area contributed by atoms with E-state index in [9.17, 15) is 9.90 Å². The molecular weight excluding hydrogens is 322 g/mol. The van der Waals surface area contributed by atoms with E-state index in [4.69, 9.17) is 0 Å². The van der Waals surface area contributed by atoms with E-state index in [1.165, 1.54) is 0 Å². The standard InChI is InChI=1S/C18H17N3O2S/c22-14-3-6-21(7-4-14)18(23)16-2-1-12-9-19-10-15(17(12)20-16)13-5-8-24-11-13/h1-2,5,8-11,14,22H,3-4,6-7H2. The normalized spacial score (nSPS) is 15.8. The van der Waals surface area contributed by atoms with Crippen molar-refractivity contribution in [2.75, 3.05) is 13.1 Å².